The molecule has 0 radical (unpaired) electrons. The van der Waals surface area contributed by atoms with Gasteiger partial charge in [-0.1, -0.05) is 15.9 Å². The standard InChI is InChI=1S/C18H21BrN2O3/c1-12-10-13(19)4-6-15(12)20-9-8-18(22)21-16-11-14(23-2)5-7-17(16)24-3/h4-7,10-11,20H,8-9H2,1-3H3,(H,21,22). The molecule has 5 nitrogen and oxygen atoms in total. The van der Waals surface area contributed by atoms with E-state index in [1.54, 1.807) is 32.4 Å². The highest BCUT2D eigenvalue weighted by atomic mass is 79.9. The van der Waals surface area contributed by atoms with E-state index < -0.39 is 0 Å². The average Bonchev–Trinajstić information content (AvgIpc) is 2.56. The molecule has 128 valence electrons. The second-order valence-corrected chi connectivity index (χ2v) is 6.17. The van der Waals surface area contributed by atoms with E-state index in [1.165, 1.54) is 0 Å². The molecule has 0 bridgehead atoms. The van der Waals surface area contributed by atoms with Gasteiger partial charge in [-0.2, -0.15) is 0 Å². The van der Waals surface area contributed by atoms with E-state index in [-0.39, 0.29) is 5.91 Å². The van der Waals surface area contributed by atoms with Crippen molar-refractivity contribution in [3.8, 4) is 11.5 Å². The van der Waals surface area contributed by atoms with Gasteiger partial charge in [-0.15, -0.1) is 0 Å². The zero-order valence-corrected chi connectivity index (χ0v) is 15.6. The molecule has 0 aromatic heterocycles. The van der Waals surface area contributed by atoms with Gasteiger partial charge < -0.3 is 20.1 Å². The van der Waals surface area contributed by atoms with Crippen molar-refractivity contribution in [3.05, 3.63) is 46.4 Å². The van der Waals surface area contributed by atoms with Gasteiger partial charge in [0.15, 0.2) is 0 Å². The van der Waals surface area contributed by atoms with Gasteiger partial charge in [-0.25, -0.2) is 0 Å². The lowest BCUT2D eigenvalue weighted by Crippen LogP contribution is -2.17. The molecule has 1 amide bonds. The summed E-state index contributed by atoms with van der Waals surface area (Å²) in [5.41, 5.74) is 2.74. The molecular weight excluding hydrogens is 372 g/mol. The zero-order valence-electron chi connectivity index (χ0n) is 14.0. The van der Waals surface area contributed by atoms with E-state index in [1.807, 2.05) is 25.1 Å². The number of ether oxygens (including phenoxy) is 2. The highest BCUT2D eigenvalue weighted by molar-refractivity contribution is 9.10. The summed E-state index contributed by atoms with van der Waals surface area (Å²) in [4.78, 5) is 12.2. The van der Waals surface area contributed by atoms with Crippen LogP contribution in [0.5, 0.6) is 11.5 Å². The van der Waals surface area contributed by atoms with Crippen LogP contribution in [0.1, 0.15) is 12.0 Å². The Bertz CT molecular complexity index is 719. The van der Waals surface area contributed by atoms with Crippen LogP contribution in [0, 0.1) is 6.92 Å². The van der Waals surface area contributed by atoms with Crippen LogP contribution in [0.4, 0.5) is 11.4 Å². The first-order valence-corrected chi connectivity index (χ1v) is 8.34. The molecule has 0 aliphatic carbocycles. The third kappa shape index (κ3) is 4.89. The van der Waals surface area contributed by atoms with E-state index in [4.69, 9.17) is 9.47 Å². The second kappa shape index (κ2) is 8.59. The van der Waals surface area contributed by atoms with Gasteiger partial charge in [-0.3, -0.25) is 4.79 Å². The van der Waals surface area contributed by atoms with E-state index in [9.17, 15) is 4.79 Å². The first-order chi connectivity index (χ1) is 11.5. The van der Waals surface area contributed by atoms with Crippen LogP contribution in [0.15, 0.2) is 40.9 Å². The Morgan fingerprint density at radius 3 is 2.54 bits per heavy atom. The number of benzene rings is 2. The maximum absolute atomic E-state index is 12.2. The van der Waals surface area contributed by atoms with Crippen molar-refractivity contribution >= 4 is 33.2 Å². The van der Waals surface area contributed by atoms with Crippen LogP contribution < -0.4 is 20.1 Å². The Hall–Kier alpha value is -2.21. The summed E-state index contributed by atoms with van der Waals surface area (Å²) >= 11 is 3.44. The number of aryl methyl sites for hydroxylation is 1. The molecule has 0 saturated carbocycles. The van der Waals surface area contributed by atoms with Gasteiger partial charge in [0.05, 0.1) is 19.9 Å². The highest BCUT2D eigenvalue weighted by Gasteiger charge is 2.09. The third-order valence-corrected chi connectivity index (χ3v) is 4.03. The normalized spacial score (nSPS) is 10.2. The van der Waals surface area contributed by atoms with Crippen LogP contribution in [0.2, 0.25) is 0 Å². The van der Waals surface area contributed by atoms with Crippen molar-refractivity contribution in [2.24, 2.45) is 0 Å². The maximum atomic E-state index is 12.2. The van der Waals surface area contributed by atoms with Gasteiger partial charge in [-0.05, 0) is 42.8 Å². The van der Waals surface area contributed by atoms with E-state index >= 15 is 0 Å². The Morgan fingerprint density at radius 2 is 1.88 bits per heavy atom. The summed E-state index contributed by atoms with van der Waals surface area (Å²) in [6.45, 7) is 2.56. The number of nitrogens with one attached hydrogen (secondary N) is 2. The average molecular weight is 393 g/mol. The highest BCUT2D eigenvalue weighted by Crippen LogP contribution is 2.29. The van der Waals surface area contributed by atoms with Gasteiger partial charge >= 0.3 is 0 Å². The lowest BCUT2D eigenvalue weighted by Gasteiger charge is -2.13. The number of hydrogen-bond acceptors (Lipinski definition) is 4. The number of halogens is 1. The predicted octanol–water partition coefficient (Wildman–Crippen LogP) is 4.22. The minimum atomic E-state index is -0.0937. The van der Waals surface area contributed by atoms with Crippen LogP contribution in [0.25, 0.3) is 0 Å². The summed E-state index contributed by atoms with van der Waals surface area (Å²) in [7, 11) is 3.15. The molecule has 0 heterocycles. The molecule has 2 aromatic carbocycles. The second-order valence-electron chi connectivity index (χ2n) is 5.25. The summed E-state index contributed by atoms with van der Waals surface area (Å²) in [6, 6.07) is 11.3. The number of amides is 1. The van der Waals surface area contributed by atoms with Crippen molar-refractivity contribution in [3.63, 3.8) is 0 Å². The topological polar surface area (TPSA) is 59.6 Å². The Morgan fingerprint density at radius 1 is 1.08 bits per heavy atom. The van der Waals surface area contributed by atoms with E-state index in [0.29, 0.717) is 30.2 Å². The Kier molecular flexibility index (Phi) is 6.49. The molecule has 2 rings (SSSR count). The summed E-state index contributed by atoms with van der Waals surface area (Å²) in [5, 5.41) is 6.13. The van der Waals surface area contributed by atoms with E-state index in [0.717, 1.165) is 15.7 Å². The number of carbonyl (C=O) groups excluding carboxylic acids is 1. The van der Waals surface area contributed by atoms with Gasteiger partial charge in [0.1, 0.15) is 11.5 Å². The largest absolute Gasteiger partial charge is 0.497 e. The fourth-order valence-electron chi connectivity index (χ4n) is 2.26. The van der Waals surface area contributed by atoms with Crippen molar-refractivity contribution < 1.29 is 14.3 Å². The molecule has 0 unspecified atom stereocenters. The van der Waals surface area contributed by atoms with Crippen LogP contribution in [0.3, 0.4) is 0 Å². The molecule has 0 spiro atoms. The fourth-order valence-corrected chi connectivity index (χ4v) is 2.74. The van der Waals surface area contributed by atoms with Crippen LogP contribution >= 0.6 is 15.9 Å². The number of hydrogen-bond donors (Lipinski definition) is 2. The molecule has 0 aliphatic rings. The first-order valence-electron chi connectivity index (χ1n) is 7.55. The van der Waals surface area contributed by atoms with Crippen molar-refractivity contribution in [2.45, 2.75) is 13.3 Å². The maximum Gasteiger partial charge on any atom is 0.226 e. The summed E-state index contributed by atoms with van der Waals surface area (Å²) in [5.74, 6) is 1.17. The molecular formula is C18H21BrN2O3. The molecule has 0 atom stereocenters. The summed E-state index contributed by atoms with van der Waals surface area (Å²) in [6.07, 6.45) is 0.343. The molecule has 0 fully saturated rings. The number of carbonyl (C=O) groups is 1. The van der Waals surface area contributed by atoms with Gasteiger partial charge in [0, 0.05) is 29.2 Å². The molecule has 24 heavy (non-hydrogen) atoms. The Balaban J connectivity index is 1.91. The Labute approximate surface area is 150 Å². The van der Waals surface area contributed by atoms with Gasteiger partial charge in [0.25, 0.3) is 0 Å². The first kappa shape index (κ1) is 18.1. The van der Waals surface area contributed by atoms with Crippen LogP contribution in [-0.2, 0) is 4.79 Å². The number of methoxy groups -OCH3 is 2. The SMILES string of the molecule is COc1ccc(OC)c(NC(=O)CCNc2ccc(Br)cc2C)c1. The van der Waals surface area contributed by atoms with E-state index in [2.05, 4.69) is 26.6 Å². The molecule has 0 aliphatic heterocycles. The quantitative estimate of drug-likeness (QED) is 0.740. The van der Waals surface area contributed by atoms with Crippen molar-refractivity contribution in [1.82, 2.24) is 0 Å². The molecule has 6 heteroatoms. The molecule has 0 saturated heterocycles. The fraction of sp³-hybridized carbons (Fsp3) is 0.278. The zero-order chi connectivity index (χ0) is 17.5. The summed E-state index contributed by atoms with van der Waals surface area (Å²) < 4.78 is 11.5. The smallest absolute Gasteiger partial charge is 0.226 e. The van der Waals surface area contributed by atoms with Crippen molar-refractivity contribution in [2.75, 3.05) is 31.4 Å². The molecule has 2 N–H and O–H groups in total. The number of anilines is 2. The minimum Gasteiger partial charge on any atom is -0.497 e. The third-order valence-electron chi connectivity index (χ3n) is 3.54. The van der Waals surface area contributed by atoms with Gasteiger partial charge in [0.2, 0.25) is 5.91 Å². The monoisotopic (exact) mass is 392 g/mol. The minimum absolute atomic E-state index is 0.0937. The van der Waals surface area contributed by atoms with Crippen LogP contribution in [-0.4, -0.2) is 26.7 Å². The van der Waals surface area contributed by atoms with Crippen molar-refractivity contribution in [1.29, 1.82) is 0 Å². The lowest BCUT2D eigenvalue weighted by molar-refractivity contribution is -0.116. The number of rotatable bonds is 7. The molecule has 2 aromatic rings. The predicted molar refractivity (Wildman–Crippen MR) is 100 cm³/mol. The lowest BCUT2D eigenvalue weighted by atomic mass is 10.2.